The van der Waals surface area contributed by atoms with Crippen LogP contribution in [0.15, 0.2) is 30.5 Å². The van der Waals surface area contributed by atoms with Gasteiger partial charge in [-0.15, -0.1) is 0 Å². The van der Waals surface area contributed by atoms with Crippen molar-refractivity contribution in [1.82, 2.24) is 9.88 Å². The van der Waals surface area contributed by atoms with E-state index in [0.29, 0.717) is 6.61 Å². The Balaban J connectivity index is 2.35. The van der Waals surface area contributed by atoms with Crippen molar-refractivity contribution in [3.8, 4) is 0 Å². The van der Waals surface area contributed by atoms with Gasteiger partial charge in [-0.2, -0.15) is 0 Å². The van der Waals surface area contributed by atoms with Gasteiger partial charge in [0.15, 0.2) is 0 Å². The van der Waals surface area contributed by atoms with E-state index < -0.39 is 0 Å². The first-order valence-electron chi connectivity index (χ1n) is 6.13. The number of nitrogens with zero attached hydrogens (tertiary/aromatic N) is 1. The first-order valence-corrected chi connectivity index (χ1v) is 6.13. The van der Waals surface area contributed by atoms with Crippen molar-refractivity contribution in [2.24, 2.45) is 0 Å². The van der Waals surface area contributed by atoms with Crippen molar-refractivity contribution in [3.05, 3.63) is 36.0 Å². The van der Waals surface area contributed by atoms with Gasteiger partial charge in [-0.25, -0.2) is 0 Å². The van der Waals surface area contributed by atoms with E-state index >= 15 is 0 Å². The fourth-order valence-electron chi connectivity index (χ4n) is 2.15. The number of nitrogens with one attached hydrogen (secondary N) is 1. The van der Waals surface area contributed by atoms with Crippen molar-refractivity contribution in [2.45, 2.75) is 20.0 Å². The predicted octanol–water partition coefficient (Wildman–Crippen LogP) is 1.92. The number of aromatic nitrogens is 1. The molecular weight excluding hydrogens is 228 g/mol. The van der Waals surface area contributed by atoms with Crippen molar-refractivity contribution in [2.75, 3.05) is 13.7 Å². The molecule has 0 spiro atoms. The van der Waals surface area contributed by atoms with Gasteiger partial charge in [0, 0.05) is 12.7 Å². The summed E-state index contributed by atoms with van der Waals surface area (Å²) in [4.78, 5) is 11.6. The Kier molecular flexibility index (Phi) is 3.99. The van der Waals surface area contributed by atoms with Gasteiger partial charge in [0.25, 0.3) is 0 Å². The third-order valence-corrected chi connectivity index (χ3v) is 2.84. The maximum atomic E-state index is 11.6. The molecule has 1 heterocycles. The lowest BCUT2D eigenvalue weighted by atomic mass is 10.1. The highest BCUT2D eigenvalue weighted by Crippen LogP contribution is 2.20. The van der Waals surface area contributed by atoms with Gasteiger partial charge >= 0.3 is 5.97 Å². The van der Waals surface area contributed by atoms with Crippen LogP contribution in [0.4, 0.5) is 0 Å². The topological polar surface area (TPSA) is 43.3 Å². The molecule has 4 heteroatoms. The second-order valence-electron chi connectivity index (χ2n) is 4.13. The first-order chi connectivity index (χ1) is 8.76. The quantitative estimate of drug-likeness (QED) is 0.820. The maximum Gasteiger partial charge on any atom is 0.325 e. The maximum absolute atomic E-state index is 11.6. The Morgan fingerprint density at radius 1 is 1.39 bits per heavy atom. The smallest absolute Gasteiger partial charge is 0.325 e. The first kappa shape index (κ1) is 12.6. The number of hydrogen-bond donors (Lipinski definition) is 1. The minimum absolute atomic E-state index is 0.200. The van der Waals surface area contributed by atoms with Crippen LogP contribution >= 0.6 is 0 Å². The van der Waals surface area contributed by atoms with Gasteiger partial charge in [0.1, 0.15) is 6.54 Å². The molecule has 1 aromatic carbocycles. The number of esters is 1. The monoisotopic (exact) mass is 246 g/mol. The molecule has 18 heavy (non-hydrogen) atoms. The number of rotatable bonds is 5. The molecule has 0 unspecified atom stereocenters. The van der Waals surface area contributed by atoms with Gasteiger partial charge in [-0.3, -0.25) is 4.79 Å². The molecule has 0 saturated heterocycles. The van der Waals surface area contributed by atoms with E-state index in [4.69, 9.17) is 4.74 Å². The highest BCUT2D eigenvalue weighted by atomic mass is 16.5. The summed E-state index contributed by atoms with van der Waals surface area (Å²) in [6, 6.07) is 8.17. The molecule has 0 bridgehead atoms. The molecule has 2 aromatic rings. The molecule has 1 N–H and O–H groups in total. The van der Waals surface area contributed by atoms with Crippen molar-refractivity contribution >= 4 is 16.9 Å². The fourth-order valence-corrected chi connectivity index (χ4v) is 2.15. The van der Waals surface area contributed by atoms with E-state index in [0.717, 1.165) is 17.4 Å². The van der Waals surface area contributed by atoms with Crippen LogP contribution < -0.4 is 5.32 Å². The molecular formula is C14H18N2O2. The number of ether oxygens (including phenoxy) is 1. The van der Waals surface area contributed by atoms with Crippen LogP contribution in [-0.4, -0.2) is 24.2 Å². The third-order valence-electron chi connectivity index (χ3n) is 2.84. The number of carbonyl (C=O) groups excluding carboxylic acids is 1. The zero-order valence-corrected chi connectivity index (χ0v) is 10.8. The van der Waals surface area contributed by atoms with Crippen LogP contribution in [0, 0.1) is 0 Å². The highest BCUT2D eigenvalue weighted by Gasteiger charge is 2.09. The van der Waals surface area contributed by atoms with E-state index in [1.54, 1.807) is 0 Å². The molecule has 0 saturated carbocycles. The normalized spacial score (nSPS) is 10.8. The molecule has 0 amide bonds. The number of para-hydroxylation sites is 1. The van der Waals surface area contributed by atoms with E-state index in [-0.39, 0.29) is 12.5 Å². The molecule has 0 fully saturated rings. The Labute approximate surface area is 107 Å². The van der Waals surface area contributed by atoms with Crippen LogP contribution in [0.3, 0.4) is 0 Å². The van der Waals surface area contributed by atoms with Crippen LogP contribution in [-0.2, 0) is 22.6 Å². The zero-order valence-electron chi connectivity index (χ0n) is 10.8. The number of benzene rings is 1. The molecule has 0 aliphatic rings. The van der Waals surface area contributed by atoms with Gasteiger partial charge < -0.3 is 14.6 Å². The third kappa shape index (κ3) is 2.54. The van der Waals surface area contributed by atoms with E-state index in [9.17, 15) is 4.79 Å². The average molecular weight is 246 g/mol. The molecule has 1 aromatic heterocycles. The summed E-state index contributed by atoms with van der Waals surface area (Å²) in [5.41, 5.74) is 2.28. The minimum atomic E-state index is -0.200. The summed E-state index contributed by atoms with van der Waals surface area (Å²) in [6.45, 7) is 3.28. The van der Waals surface area contributed by atoms with E-state index in [2.05, 4.69) is 17.4 Å². The molecule has 0 atom stereocenters. The van der Waals surface area contributed by atoms with Crippen LogP contribution in [0.2, 0.25) is 0 Å². The minimum Gasteiger partial charge on any atom is -0.465 e. The summed E-state index contributed by atoms with van der Waals surface area (Å²) in [6.07, 6.45) is 1.93. The second-order valence-corrected chi connectivity index (χ2v) is 4.13. The van der Waals surface area contributed by atoms with Gasteiger partial charge in [0.05, 0.1) is 12.1 Å². The number of carbonyl (C=O) groups is 1. The number of hydrogen-bond acceptors (Lipinski definition) is 3. The van der Waals surface area contributed by atoms with Gasteiger partial charge in [0.2, 0.25) is 0 Å². The summed E-state index contributed by atoms with van der Waals surface area (Å²) in [5.74, 6) is -0.200. The Morgan fingerprint density at radius 3 is 2.94 bits per heavy atom. The Hall–Kier alpha value is -1.81. The lowest BCUT2D eigenvalue weighted by Gasteiger charge is -2.09. The largest absolute Gasteiger partial charge is 0.465 e. The standard InChI is InChI=1S/C14H18N2O2/c1-3-18-13(17)10-16-8-7-11-5-4-6-12(9-15-2)14(11)16/h4-8,15H,3,9-10H2,1-2H3. The Morgan fingerprint density at radius 2 is 2.22 bits per heavy atom. The lowest BCUT2D eigenvalue weighted by Crippen LogP contribution is -2.14. The van der Waals surface area contributed by atoms with Gasteiger partial charge in [-0.1, -0.05) is 18.2 Å². The van der Waals surface area contributed by atoms with Crippen LogP contribution in [0.5, 0.6) is 0 Å². The zero-order chi connectivity index (χ0) is 13.0. The Bertz CT molecular complexity index is 546. The molecule has 0 aliphatic heterocycles. The van der Waals surface area contributed by atoms with E-state index in [1.165, 1.54) is 5.56 Å². The van der Waals surface area contributed by atoms with Crippen molar-refractivity contribution < 1.29 is 9.53 Å². The SMILES string of the molecule is CCOC(=O)Cn1ccc2cccc(CNC)c21. The predicted molar refractivity (Wildman–Crippen MR) is 71.3 cm³/mol. The van der Waals surface area contributed by atoms with Crippen molar-refractivity contribution in [1.29, 1.82) is 0 Å². The molecule has 4 nitrogen and oxygen atoms in total. The summed E-state index contributed by atoms with van der Waals surface area (Å²) >= 11 is 0. The lowest BCUT2D eigenvalue weighted by molar-refractivity contribution is -0.143. The summed E-state index contributed by atoms with van der Waals surface area (Å²) < 4.78 is 6.93. The molecule has 0 aliphatic carbocycles. The fraction of sp³-hybridized carbons (Fsp3) is 0.357. The highest BCUT2D eigenvalue weighted by molar-refractivity contribution is 5.85. The van der Waals surface area contributed by atoms with E-state index in [1.807, 2.05) is 36.9 Å². The average Bonchev–Trinajstić information content (AvgIpc) is 2.74. The van der Waals surface area contributed by atoms with Gasteiger partial charge in [-0.05, 0) is 31.0 Å². The second kappa shape index (κ2) is 5.69. The molecule has 0 radical (unpaired) electrons. The van der Waals surface area contributed by atoms with Crippen LogP contribution in [0.1, 0.15) is 12.5 Å². The van der Waals surface area contributed by atoms with Crippen molar-refractivity contribution in [3.63, 3.8) is 0 Å². The summed E-state index contributed by atoms with van der Waals surface area (Å²) in [7, 11) is 1.91. The summed E-state index contributed by atoms with van der Waals surface area (Å²) in [5, 5.41) is 4.29. The van der Waals surface area contributed by atoms with Crippen LogP contribution in [0.25, 0.3) is 10.9 Å². The molecule has 96 valence electrons. The molecule has 2 rings (SSSR count). The number of fused-ring (bicyclic) bond motifs is 1.